The van der Waals surface area contributed by atoms with Crippen LogP contribution in [0.15, 0.2) is 30.3 Å². The van der Waals surface area contributed by atoms with Gasteiger partial charge in [0.25, 0.3) is 5.91 Å². The van der Waals surface area contributed by atoms with Crippen molar-refractivity contribution in [3.8, 4) is 0 Å². The molecule has 3 heterocycles. The summed E-state index contributed by atoms with van der Waals surface area (Å²) in [5.74, 6) is 0.236. The lowest BCUT2D eigenvalue weighted by atomic mass is 10.1. The van der Waals surface area contributed by atoms with Gasteiger partial charge < -0.3 is 9.64 Å². The number of carbonyl (C=O) groups excluding carboxylic acids is 1. The predicted molar refractivity (Wildman–Crippen MR) is 89.2 cm³/mol. The minimum atomic E-state index is -0.192. The molecule has 4 rings (SSSR count). The summed E-state index contributed by atoms with van der Waals surface area (Å²) >= 11 is 0. The Bertz CT molecular complexity index is 542. The summed E-state index contributed by atoms with van der Waals surface area (Å²) in [6.45, 7) is 4.02. The van der Waals surface area contributed by atoms with E-state index in [0.29, 0.717) is 6.04 Å². The van der Waals surface area contributed by atoms with Crippen molar-refractivity contribution in [1.29, 1.82) is 0 Å². The molecule has 0 aliphatic carbocycles. The minimum absolute atomic E-state index is 0.192. The maximum atomic E-state index is 12.5. The minimum Gasteiger partial charge on any atom is -0.363 e. The zero-order valence-corrected chi connectivity index (χ0v) is 13.7. The number of ether oxygens (including phenoxy) is 1. The van der Waals surface area contributed by atoms with E-state index in [2.05, 4.69) is 35.2 Å². The number of rotatable bonds is 4. The molecule has 0 radical (unpaired) electrons. The Kier molecular flexibility index (Phi) is 4.36. The second-order valence-electron chi connectivity index (χ2n) is 7.06. The highest BCUT2D eigenvalue weighted by Gasteiger charge is 2.46. The molecule has 0 N–H and O–H groups in total. The molecule has 3 aliphatic heterocycles. The summed E-state index contributed by atoms with van der Waals surface area (Å²) < 4.78 is 6.11. The largest absolute Gasteiger partial charge is 0.363 e. The lowest BCUT2D eigenvalue weighted by molar-refractivity contribution is -0.141. The zero-order valence-electron chi connectivity index (χ0n) is 13.7. The van der Waals surface area contributed by atoms with Crippen LogP contribution in [0.1, 0.15) is 31.2 Å². The highest BCUT2D eigenvalue weighted by atomic mass is 16.5. The van der Waals surface area contributed by atoms with Gasteiger partial charge in [-0.2, -0.15) is 0 Å². The van der Waals surface area contributed by atoms with Gasteiger partial charge in [-0.3, -0.25) is 9.69 Å². The molecule has 1 amide bonds. The second-order valence-corrected chi connectivity index (χ2v) is 7.06. The number of likely N-dealkylation sites (tertiary alicyclic amines) is 2. The molecule has 0 saturated carbocycles. The Hall–Kier alpha value is -1.39. The highest BCUT2D eigenvalue weighted by Crippen LogP contribution is 2.34. The number of fused-ring (bicyclic) bond motifs is 1. The molecule has 4 nitrogen and oxygen atoms in total. The van der Waals surface area contributed by atoms with Crippen LogP contribution in [0.3, 0.4) is 0 Å². The molecule has 0 bridgehead atoms. The summed E-state index contributed by atoms with van der Waals surface area (Å²) in [6.07, 6.45) is 5.40. The third kappa shape index (κ3) is 3.15. The van der Waals surface area contributed by atoms with E-state index in [4.69, 9.17) is 4.74 Å². The summed E-state index contributed by atoms with van der Waals surface area (Å²) in [5.41, 5.74) is 1.39. The fourth-order valence-electron chi connectivity index (χ4n) is 4.33. The van der Waals surface area contributed by atoms with Crippen molar-refractivity contribution in [2.45, 2.75) is 50.4 Å². The van der Waals surface area contributed by atoms with Crippen LogP contribution in [-0.2, 0) is 16.0 Å². The monoisotopic (exact) mass is 314 g/mol. The number of benzene rings is 1. The molecule has 124 valence electrons. The molecule has 3 fully saturated rings. The first kappa shape index (κ1) is 15.2. The van der Waals surface area contributed by atoms with E-state index in [-0.39, 0.29) is 18.1 Å². The van der Waals surface area contributed by atoms with Crippen LogP contribution >= 0.6 is 0 Å². The molecule has 1 aromatic rings. The Labute approximate surface area is 138 Å². The predicted octanol–water partition coefficient (Wildman–Crippen LogP) is 2.08. The molecule has 0 spiro atoms. The molecule has 3 aliphatic rings. The van der Waals surface area contributed by atoms with E-state index in [1.165, 1.54) is 5.56 Å². The van der Waals surface area contributed by atoms with E-state index < -0.39 is 0 Å². The van der Waals surface area contributed by atoms with Crippen LogP contribution < -0.4 is 0 Å². The average molecular weight is 314 g/mol. The Morgan fingerprint density at radius 2 is 1.91 bits per heavy atom. The topological polar surface area (TPSA) is 32.8 Å². The first-order valence-corrected chi connectivity index (χ1v) is 9.03. The van der Waals surface area contributed by atoms with E-state index in [1.54, 1.807) is 0 Å². The molecule has 0 unspecified atom stereocenters. The third-order valence-corrected chi connectivity index (χ3v) is 5.62. The third-order valence-electron chi connectivity index (χ3n) is 5.62. The van der Waals surface area contributed by atoms with Crippen molar-refractivity contribution in [3.63, 3.8) is 0 Å². The van der Waals surface area contributed by atoms with E-state index in [9.17, 15) is 4.79 Å². The fourth-order valence-corrected chi connectivity index (χ4v) is 4.33. The van der Waals surface area contributed by atoms with Gasteiger partial charge in [0.15, 0.2) is 0 Å². The van der Waals surface area contributed by atoms with Crippen LogP contribution in [0, 0.1) is 0 Å². The molecule has 1 aromatic carbocycles. The summed E-state index contributed by atoms with van der Waals surface area (Å²) in [4.78, 5) is 17.1. The summed E-state index contributed by atoms with van der Waals surface area (Å²) in [5, 5.41) is 0. The molecule has 3 atom stereocenters. The highest BCUT2D eigenvalue weighted by molar-refractivity contribution is 5.81. The number of carbonyl (C=O) groups is 1. The van der Waals surface area contributed by atoms with Crippen LogP contribution in [0.4, 0.5) is 0 Å². The lowest BCUT2D eigenvalue weighted by Crippen LogP contribution is -2.38. The van der Waals surface area contributed by atoms with E-state index >= 15 is 0 Å². The summed E-state index contributed by atoms with van der Waals surface area (Å²) in [7, 11) is 0. The zero-order chi connectivity index (χ0) is 15.6. The van der Waals surface area contributed by atoms with Crippen LogP contribution in [0.25, 0.3) is 0 Å². The van der Waals surface area contributed by atoms with E-state index in [1.807, 2.05) is 4.90 Å². The molecule has 3 saturated heterocycles. The Balaban J connectivity index is 1.33. The SMILES string of the molecule is O=C([C@@H]1C[C@@H]2[C@@H](CCN2CCc2ccccc2)O1)N1CCCC1. The van der Waals surface area contributed by atoms with Crippen molar-refractivity contribution in [2.24, 2.45) is 0 Å². The first-order chi connectivity index (χ1) is 11.3. The maximum Gasteiger partial charge on any atom is 0.251 e. The number of hydrogen-bond acceptors (Lipinski definition) is 3. The van der Waals surface area contributed by atoms with Gasteiger partial charge in [0.1, 0.15) is 6.10 Å². The van der Waals surface area contributed by atoms with Gasteiger partial charge in [0.2, 0.25) is 0 Å². The van der Waals surface area contributed by atoms with Crippen LogP contribution in [0.5, 0.6) is 0 Å². The molecule has 0 aromatic heterocycles. The van der Waals surface area contributed by atoms with Gasteiger partial charge in [0, 0.05) is 38.6 Å². The second kappa shape index (κ2) is 6.62. The lowest BCUT2D eigenvalue weighted by Gasteiger charge is -2.23. The van der Waals surface area contributed by atoms with Crippen molar-refractivity contribution in [3.05, 3.63) is 35.9 Å². The molecule has 4 heteroatoms. The van der Waals surface area contributed by atoms with E-state index in [0.717, 1.165) is 58.3 Å². The molecular formula is C19H26N2O2. The van der Waals surface area contributed by atoms with Gasteiger partial charge in [-0.25, -0.2) is 0 Å². The smallest absolute Gasteiger partial charge is 0.251 e. The average Bonchev–Trinajstić information content (AvgIpc) is 3.30. The molecular weight excluding hydrogens is 288 g/mol. The van der Waals surface area contributed by atoms with Gasteiger partial charge in [0.05, 0.1) is 6.10 Å². The van der Waals surface area contributed by atoms with Crippen molar-refractivity contribution in [2.75, 3.05) is 26.2 Å². The quantitative estimate of drug-likeness (QED) is 0.853. The first-order valence-electron chi connectivity index (χ1n) is 9.03. The van der Waals surface area contributed by atoms with Crippen LogP contribution in [-0.4, -0.2) is 60.1 Å². The Morgan fingerprint density at radius 1 is 1.13 bits per heavy atom. The Morgan fingerprint density at radius 3 is 2.70 bits per heavy atom. The standard InChI is InChI=1S/C19H26N2O2/c22-19(21-10-4-5-11-21)18-14-16-17(23-18)9-13-20(16)12-8-15-6-2-1-3-7-15/h1-3,6-7,16-18H,4-5,8-14H2/t16-,17-,18+/m1/s1. The fraction of sp³-hybridized carbons (Fsp3) is 0.632. The van der Waals surface area contributed by atoms with Gasteiger partial charge in [-0.1, -0.05) is 30.3 Å². The number of nitrogens with zero attached hydrogens (tertiary/aromatic N) is 2. The number of amides is 1. The van der Waals surface area contributed by atoms with Gasteiger partial charge in [-0.05, 0) is 31.2 Å². The normalized spacial score (nSPS) is 30.8. The summed E-state index contributed by atoms with van der Waals surface area (Å²) in [6, 6.07) is 11.1. The van der Waals surface area contributed by atoms with Gasteiger partial charge >= 0.3 is 0 Å². The van der Waals surface area contributed by atoms with Crippen molar-refractivity contribution < 1.29 is 9.53 Å². The number of hydrogen-bond donors (Lipinski definition) is 0. The van der Waals surface area contributed by atoms with Crippen LogP contribution in [0.2, 0.25) is 0 Å². The molecule has 23 heavy (non-hydrogen) atoms. The van der Waals surface area contributed by atoms with Crippen molar-refractivity contribution in [1.82, 2.24) is 9.80 Å². The maximum absolute atomic E-state index is 12.5. The van der Waals surface area contributed by atoms with Gasteiger partial charge in [-0.15, -0.1) is 0 Å². The van der Waals surface area contributed by atoms with Crippen molar-refractivity contribution >= 4 is 5.91 Å².